The molecule has 2 atom stereocenters. The molecule has 0 bridgehead atoms. The van der Waals surface area contributed by atoms with E-state index < -0.39 is 10.8 Å². The van der Waals surface area contributed by atoms with E-state index in [1.165, 1.54) is 0 Å². The Morgan fingerprint density at radius 1 is 1.30 bits per heavy atom. The van der Waals surface area contributed by atoms with Crippen LogP contribution in [0.25, 0.3) is 0 Å². The van der Waals surface area contributed by atoms with Gasteiger partial charge in [0.05, 0.1) is 11.7 Å². The van der Waals surface area contributed by atoms with Gasteiger partial charge in [-0.1, -0.05) is 12.1 Å². The van der Waals surface area contributed by atoms with Crippen LogP contribution >= 0.6 is 0 Å². The van der Waals surface area contributed by atoms with Crippen molar-refractivity contribution in [1.82, 2.24) is 15.1 Å². The Morgan fingerprint density at radius 3 is 2.48 bits per heavy atom. The van der Waals surface area contributed by atoms with E-state index in [9.17, 15) is 9.00 Å². The fourth-order valence-electron chi connectivity index (χ4n) is 2.45. The van der Waals surface area contributed by atoms with E-state index in [2.05, 4.69) is 10.4 Å². The summed E-state index contributed by atoms with van der Waals surface area (Å²) in [5, 5.41) is 7.34. The third-order valence-electron chi connectivity index (χ3n) is 3.74. The molecule has 0 saturated heterocycles. The molecule has 124 valence electrons. The molecule has 1 heterocycles. The molecule has 0 saturated carbocycles. The van der Waals surface area contributed by atoms with Gasteiger partial charge in [0.1, 0.15) is 0 Å². The average molecular weight is 333 g/mol. The zero-order chi connectivity index (χ0) is 17.0. The van der Waals surface area contributed by atoms with Gasteiger partial charge >= 0.3 is 0 Å². The first-order valence-electron chi connectivity index (χ1n) is 7.60. The fraction of sp³-hybridized carbons (Fsp3) is 0.412. The lowest BCUT2D eigenvalue weighted by molar-refractivity contribution is -0.122. The van der Waals surface area contributed by atoms with Crippen molar-refractivity contribution in [2.24, 2.45) is 0 Å². The van der Waals surface area contributed by atoms with E-state index in [0.29, 0.717) is 13.0 Å². The molecular weight excluding hydrogens is 310 g/mol. The van der Waals surface area contributed by atoms with Gasteiger partial charge in [-0.15, -0.1) is 0 Å². The van der Waals surface area contributed by atoms with Gasteiger partial charge in [0, 0.05) is 40.6 Å². The van der Waals surface area contributed by atoms with Crippen molar-refractivity contribution in [2.75, 3.05) is 6.26 Å². The van der Waals surface area contributed by atoms with Gasteiger partial charge in [0.2, 0.25) is 5.91 Å². The Hall–Kier alpha value is -1.95. The molecule has 23 heavy (non-hydrogen) atoms. The highest BCUT2D eigenvalue weighted by Gasteiger charge is 2.11. The van der Waals surface area contributed by atoms with Crippen LogP contribution in [0.2, 0.25) is 0 Å². The minimum absolute atomic E-state index is 0.00630. The topological polar surface area (TPSA) is 64.0 Å². The maximum atomic E-state index is 12.1. The number of amides is 1. The SMILES string of the molecule is Cc1cc(C)n(CCC(=O)N[C@H](C)c2ccc([S@](C)=O)cc2)n1. The van der Waals surface area contributed by atoms with E-state index >= 15 is 0 Å². The molecule has 0 fully saturated rings. The number of carbonyl (C=O) groups excluding carboxylic acids is 1. The van der Waals surface area contributed by atoms with Crippen LogP contribution in [0.15, 0.2) is 35.2 Å². The maximum Gasteiger partial charge on any atom is 0.222 e. The molecule has 0 spiro atoms. The number of carbonyl (C=O) groups is 1. The van der Waals surface area contributed by atoms with Gasteiger partial charge < -0.3 is 5.32 Å². The normalized spacial score (nSPS) is 13.6. The summed E-state index contributed by atoms with van der Waals surface area (Å²) in [6.07, 6.45) is 2.04. The van der Waals surface area contributed by atoms with Gasteiger partial charge in [0.15, 0.2) is 0 Å². The number of nitrogens with zero attached hydrogens (tertiary/aromatic N) is 2. The van der Waals surface area contributed by atoms with Crippen molar-refractivity contribution in [1.29, 1.82) is 0 Å². The van der Waals surface area contributed by atoms with Crippen LogP contribution in [0, 0.1) is 13.8 Å². The van der Waals surface area contributed by atoms with Crippen molar-refractivity contribution in [3.63, 3.8) is 0 Å². The second-order valence-corrected chi connectivity index (χ2v) is 7.09. The zero-order valence-electron chi connectivity index (χ0n) is 14.0. The molecule has 1 aromatic heterocycles. The molecule has 1 N–H and O–H groups in total. The van der Waals surface area contributed by atoms with Gasteiger partial charge in [0.25, 0.3) is 0 Å². The highest BCUT2D eigenvalue weighted by atomic mass is 32.2. The first-order chi connectivity index (χ1) is 10.9. The number of aromatic nitrogens is 2. The number of benzene rings is 1. The first-order valence-corrected chi connectivity index (χ1v) is 9.16. The monoisotopic (exact) mass is 333 g/mol. The highest BCUT2D eigenvalue weighted by Crippen LogP contribution is 2.15. The van der Waals surface area contributed by atoms with Gasteiger partial charge in [-0.3, -0.25) is 13.7 Å². The van der Waals surface area contributed by atoms with E-state index in [0.717, 1.165) is 21.8 Å². The molecule has 6 heteroatoms. The molecule has 2 rings (SSSR count). The summed E-state index contributed by atoms with van der Waals surface area (Å²) in [5.41, 5.74) is 3.02. The number of nitrogens with one attached hydrogen (secondary N) is 1. The number of aryl methyl sites for hydroxylation is 3. The Bertz CT molecular complexity index is 707. The van der Waals surface area contributed by atoms with Crippen molar-refractivity contribution in [3.05, 3.63) is 47.3 Å². The van der Waals surface area contributed by atoms with Crippen LogP contribution in [0.3, 0.4) is 0 Å². The van der Waals surface area contributed by atoms with Crippen molar-refractivity contribution in [3.8, 4) is 0 Å². The lowest BCUT2D eigenvalue weighted by Crippen LogP contribution is -2.27. The summed E-state index contributed by atoms with van der Waals surface area (Å²) in [7, 11) is -0.983. The zero-order valence-corrected chi connectivity index (χ0v) is 14.8. The number of hydrogen-bond donors (Lipinski definition) is 1. The Balaban J connectivity index is 1.89. The molecular formula is C17H23N3O2S. The van der Waals surface area contributed by atoms with Gasteiger partial charge in [-0.25, -0.2) is 0 Å². The molecule has 1 aromatic carbocycles. The number of hydrogen-bond acceptors (Lipinski definition) is 3. The first kappa shape index (κ1) is 17.4. The minimum Gasteiger partial charge on any atom is -0.350 e. The molecule has 0 aliphatic heterocycles. The third kappa shape index (κ3) is 4.76. The number of rotatable bonds is 6. The Labute approximate surface area is 139 Å². The van der Waals surface area contributed by atoms with Crippen LogP contribution in [0.1, 0.15) is 36.3 Å². The standard InChI is InChI=1S/C17H23N3O2S/c1-12-11-13(2)20(19-12)10-9-17(21)18-14(3)15-5-7-16(8-6-15)23(4)22/h5-8,11,14H,9-10H2,1-4H3,(H,18,21)/t14-,23+/m1/s1. The average Bonchev–Trinajstić information content (AvgIpc) is 2.83. The van der Waals surface area contributed by atoms with Crippen molar-refractivity contribution >= 4 is 16.7 Å². The summed E-state index contributed by atoms with van der Waals surface area (Å²) >= 11 is 0. The van der Waals surface area contributed by atoms with E-state index in [1.54, 1.807) is 6.26 Å². The van der Waals surface area contributed by atoms with Crippen LogP contribution in [0.4, 0.5) is 0 Å². The summed E-state index contributed by atoms with van der Waals surface area (Å²) < 4.78 is 13.2. The van der Waals surface area contributed by atoms with E-state index in [-0.39, 0.29) is 11.9 Å². The predicted octanol–water partition coefficient (Wildman–Crippen LogP) is 2.50. The van der Waals surface area contributed by atoms with Crippen LogP contribution in [-0.2, 0) is 22.1 Å². The van der Waals surface area contributed by atoms with Crippen molar-refractivity contribution in [2.45, 2.75) is 44.7 Å². The molecule has 2 aromatic rings. The van der Waals surface area contributed by atoms with E-state index in [4.69, 9.17) is 0 Å². The Kier molecular flexibility index (Phi) is 5.71. The Morgan fingerprint density at radius 2 is 1.96 bits per heavy atom. The van der Waals surface area contributed by atoms with Crippen LogP contribution < -0.4 is 5.32 Å². The molecule has 0 radical (unpaired) electrons. The molecule has 0 aliphatic carbocycles. The maximum absolute atomic E-state index is 12.1. The van der Waals surface area contributed by atoms with Crippen molar-refractivity contribution < 1.29 is 9.00 Å². The largest absolute Gasteiger partial charge is 0.350 e. The second kappa shape index (κ2) is 7.55. The highest BCUT2D eigenvalue weighted by molar-refractivity contribution is 7.84. The minimum atomic E-state index is -0.983. The second-order valence-electron chi connectivity index (χ2n) is 5.71. The van der Waals surface area contributed by atoms with Gasteiger partial charge in [-0.2, -0.15) is 5.10 Å². The third-order valence-corrected chi connectivity index (χ3v) is 4.68. The smallest absolute Gasteiger partial charge is 0.222 e. The summed E-state index contributed by atoms with van der Waals surface area (Å²) in [6.45, 7) is 6.45. The molecule has 0 unspecified atom stereocenters. The van der Waals surface area contributed by atoms with Gasteiger partial charge in [-0.05, 0) is 44.5 Å². The predicted molar refractivity (Wildman–Crippen MR) is 91.7 cm³/mol. The van der Waals surface area contributed by atoms with E-state index in [1.807, 2.05) is 55.8 Å². The molecule has 0 aliphatic rings. The quantitative estimate of drug-likeness (QED) is 0.883. The summed E-state index contributed by atoms with van der Waals surface area (Å²) in [6, 6.07) is 9.40. The van der Waals surface area contributed by atoms with Crippen LogP contribution in [0.5, 0.6) is 0 Å². The lowest BCUT2D eigenvalue weighted by Gasteiger charge is -2.15. The molecule has 5 nitrogen and oxygen atoms in total. The van der Waals surface area contributed by atoms with Crippen LogP contribution in [-0.4, -0.2) is 26.2 Å². The summed E-state index contributed by atoms with van der Waals surface area (Å²) in [4.78, 5) is 12.9. The molecule has 1 amide bonds. The fourth-order valence-corrected chi connectivity index (χ4v) is 2.97. The summed E-state index contributed by atoms with van der Waals surface area (Å²) in [5.74, 6) is -0.00630. The lowest BCUT2D eigenvalue weighted by atomic mass is 10.1.